The van der Waals surface area contributed by atoms with Gasteiger partial charge in [0.2, 0.25) is 0 Å². The summed E-state index contributed by atoms with van der Waals surface area (Å²) >= 11 is 7.92. The van der Waals surface area contributed by atoms with Crippen molar-refractivity contribution in [2.24, 2.45) is 0 Å². The van der Waals surface area contributed by atoms with E-state index in [9.17, 15) is 4.79 Å². The highest BCUT2D eigenvalue weighted by atomic mass is 35.5. The van der Waals surface area contributed by atoms with Gasteiger partial charge in [0.05, 0.1) is 5.38 Å². The van der Waals surface area contributed by atoms with Crippen molar-refractivity contribution in [1.82, 2.24) is 4.90 Å². The summed E-state index contributed by atoms with van der Waals surface area (Å²) in [6.45, 7) is 1.41. The van der Waals surface area contributed by atoms with Crippen molar-refractivity contribution in [3.63, 3.8) is 0 Å². The first-order valence-corrected chi connectivity index (χ1v) is 6.96. The van der Waals surface area contributed by atoms with Crippen molar-refractivity contribution in [2.75, 3.05) is 19.3 Å². The lowest BCUT2D eigenvalue weighted by molar-refractivity contribution is 0.0793. The van der Waals surface area contributed by atoms with Gasteiger partial charge in [-0.15, -0.1) is 11.6 Å². The molecule has 1 aromatic carbocycles. The van der Waals surface area contributed by atoms with Crippen molar-refractivity contribution >= 4 is 29.3 Å². The summed E-state index contributed by atoms with van der Waals surface area (Å²) in [6.07, 6.45) is 2.04. The van der Waals surface area contributed by atoms with Gasteiger partial charge in [0.25, 0.3) is 5.91 Å². The minimum Gasteiger partial charge on any atom is -0.336 e. The SMILES string of the molecule is CSC1CN(C(=O)c2ccccc2)CC1Cl. The van der Waals surface area contributed by atoms with Crippen LogP contribution in [0.3, 0.4) is 0 Å². The molecule has 0 aliphatic carbocycles. The van der Waals surface area contributed by atoms with Crippen LogP contribution < -0.4 is 0 Å². The van der Waals surface area contributed by atoms with E-state index in [1.54, 1.807) is 11.8 Å². The third-order valence-corrected chi connectivity index (χ3v) is 4.48. The van der Waals surface area contributed by atoms with E-state index in [0.29, 0.717) is 11.8 Å². The molecule has 1 heterocycles. The molecule has 0 aromatic heterocycles. The molecule has 4 heteroatoms. The average molecular weight is 256 g/mol. The number of halogens is 1. The lowest BCUT2D eigenvalue weighted by atomic mass is 10.2. The number of nitrogens with zero attached hydrogens (tertiary/aromatic N) is 1. The van der Waals surface area contributed by atoms with Crippen LogP contribution in [0.25, 0.3) is 0 Å². The number of hydrogen-bond acceptors (Lipinski definition) is 2. The van der Waals surface area contributed by atoms with Gasteiger partial charge in [-0.2, -0.15) is 11.8 Å². The van der Waals surface area contributed by atoms with Gasteiger partial charge in [-0.25, -0.2) is 0 Å². The maximum atomic E-state index is 12.1. The number of carbonyl (C=O) groups excluding carboxylic acids is 1. The van der Waals surface area contributed by atoms with Gasteiger partial charge in [0.15, 0.2) is 0 Å². The maximum absolute atomic E-state index is 12.1. The summed E-state index contributed by atoms with van der Waals surface area (Å²) < 4.78 is 0. The molecule has 0 spiro atoms. The van der Waals surface area contributed by atoms with E-state index in [4.69, 9.17) is 11.6 Å². The van der Waals surface area contributed by atoms with Crippen LogP contribution in [0.2, 0.25) is 0 Å². The molecule has 0 radical (unpaired) electrons. The van der Waals surface area contributed by atoms with Crippen LogP contribution in [-0.4, -0.2) is 40.8 Å². The topological polar surface area (TPSA) is 20.3 Å². The molecule has 1 saturated heterocycles. The summed E-state index contributed by atoms with van der Waals surface area (Å²) in [5, 5.41) is 0.428. The lowest BCUT2D eigenvalue weighted by Gasteiger charge is -2.15. The Balaban J connectivity index is 2.08. The predicted molar refractivity (Wildman–Crippen MR) is 69.3 cm³/mol. The Kier molecular flexibility index (Phi) is 3.77. The molecule has 1 amide bonds. The maximum Gasteiger partial charge on any atom is 0.253 e. The fourth-order valence-electron chi connectivity index (χ4n) is 1.89. The van der Waals surface area contributed by atoms with E-state index in [-0.39, 0.29) is 11.3 Å². The second kappa shape index (κ2) is 5.11. The molecule has 0 N–H and O–H groups in total. The standard InChI is InChI=1S/C12H14ClNOS/c1-16-11-8-14(7-10(11)13)12(15)9-5-3-2-4-6-9/h2-6,10-11H,7-8H2,1H3. The molecule has 86 valence electrons. The second-order valence-corrected chi connectivity index (χ2v) is 5.50. The molecule has 2 atom stereocenters. The number of hydrogen-bond donors (Lipinski definition) is 0. The van der Waals surface area contributed by atoms with Gasteiger partial charge >= 0.3 is 0 Å². The molecule has 2 unspecified atom stereocenters. The van der Waals surface area contributed by atoms with Crippen LogP contribution in [-0.2, 0) is 0 Å². The Morgan fingerprint density at radius 1 is 1.38 bits per heavy atom. The number of benzene rings is 1. The number of amides is 1. The summed E-state index contributed by atoms with van der Waals surface area (Å²) in [6, 6.07) is 9.37. The quantitative estimate of drug-likeness (QED) is 0.757. The number of likely N-dealkylation sites (tertiary alicyclic amines) is 1. The van der Waals surface area contributed by atoms with E-state index in [1.165, 1.54) is 0 Å². The predicted octanol–water partition coefficient (Wildman–Crippen LogP) is 2.48. The van der Waals surface area contributed by atoms with Crippen molar-refractivity contribution in [1.29, 1.82) is 0 Å². The monoisotopic (exact) mass is 255 g/mol. The molecular formula is C12H14ClNOS. The van der Waals surface area contributed by atoms with Gasteiger partial charge in [-0.05, 0) is 18.4 Å². The van der Waals surface area contributed by atoms with Crippen LogP contribution in [0, 0.1) is 0 Å². The fraction of sp³-hybridized carbons (Fsp3) is 0.417. The zero-order chi connectivity index (χ0) is 11.5. The summed E-state index contributed by atoms with van der Waals surface area (Å²) in [5.74, 6) is 0.0859. The molecule has 2 nitrogen and oxygen atoms in total. The van der Waals surface area contributed by atoms with Crippen LogP contribution in [0.5, 0.6) is 0 Å². The number of alkyl halides is 1. The summed E-state index contributed by atoms with van der Waals surface area (Å²) in [4.78, 5) is 14.0. The first kappa shape index (κ1) is 11.8. The molecule has 16 heavy (non-hydrogen) atoms. The van der Waals surface area contributed by atoms with Gasteiger partial charge < -0.3 is 4.90 Å². The minimum absolute atomic E-state index is 0.0719. The van der Waals surface area contributed by atoms with Gasteiger partial charge in [-0.1, -0.05) is 18.2 Å². The third-order valence-electron chi connectivity index (χ3n) is 2.81. The Morgan fingerprint density at radius 2 is 2.06 bits per heavy atom. The molecular weight excluding hydrogens is 242 g/mol. The van der Waals surface area contributed by atoms with E-state index >= 15 is 0 Å². The zero-order valence-electron chi connectivity index (χ0n) is 9.10. The molecule has 1 fully saturated rings. The molecule has 1 aliphatic heterocycles. The number of thioether (sulfide) groups is 1. The lowest BCUT2D eigenvalue weighted by Crippen LogP contribution is -2.29. The second-order valence-electron chi connectivity index (χ2n) is 3.87. The minimum atomic E-state index is 0.0719. The third kappa shape index (κ3) is 2.36. The fourth-order valence-corrected chi connectivity index (χ4v) is 3.15. The Bertz CT molecular complexity index is 371. The van der Waals surface area contributed by atoms with Crippen LogP contribution in [0.15, 0.2) is 30.3 Å². The Morgan fingerprint density at radius 3 is 2.62 bits per heavy atom. The Hall–Kier alpha value is -0.670. The van der Waals surface area contributed by atoms with E-state index in [1.807, 2.05) is 41.5 Å². The van der Waals surface area contributed by atoms with E-state index < -0.39 is 0 Å². The van der Waals surface area contributed by atoms with Gasteiger partial charge in [0.1, 0.15) is 0 Å². The van der Waals surface area contributed by atoms with E-state index in [0.717, 1.165) is 12.1 Å². The van der Waals surface area contributed by atoms with Crippen LogP contribution >= 0.6 is 23.4 Å². The first-order chi connectivity index (χ1) is 7.72. The van der Waals surface area contributed by atoms with Crippen LogP contribution in [0.4, 0.5) is 0 Å². The van der Waals surface area contributed by atoms with Gasteiger partial charge in [-0.3, -0.25) is 4.79 Å². The highest BCUT2D eigenvalue weighted by Crippen LogP contribution is 2.26. The molecule has 1 aliphatic rings. The largest absolute Gasteiger partial charge is 0.336 e. The molecule has 0 saturated carbocycles. The first-order valence-electron chi connectivity index (χ1n) is 5.23. The average Bonchev–Trinajstić information content (AvgIpc) is 2.71. The highest BCUT2D eigenvalue weighted by molar-refractivity contribution is 7.99. The van der Waals surface area contributed by atoms with E-state index in [2.05, 4.69) is 0 Å². The van der Waals surface area contributed by atoms with Crippen molar-refractivity contribution in [3.8, 4) is 0 Å². The molecule has 1 aromatic rings. The zero-order valence-corrected chi connectivity index (χ0v) is 10.7. The highest BCUT2D eigenvalue weighted by Gasteiger charge is 2.33. The van der Waals surface area contributed by atoms with Gasteiger partial charge in [0, 0.05) is 23.9 Å². The Labute approximate surface area is 105 Å². The number of rotatable bonds is 2. The number of carbonyl (C=O) groups is 1. The molecule has 2 rings (SSSR count). The van der Waals surface area contributed by atoms with Crippen molar-refractivity contribution in [2.45, 2.75) is 10.6 Å². The van der Waals surface area contributed by atoms with Crippen LogP contribution in [0.1, 0.15) is 10.4 Å². The smallest absolute Gasteiger partial charge is 0.253 e. The normalized spacial score (nSPS) is 24.8. The summed E-state index contributed by atoms with van der Waals surface area (Å²) in [7, 11) is 0. The van der Waals surface area contributed by atoms with Crippen molar-refractivity contribution in [3.05, 3.63) is 35.9 Å². The molecule has 0 bridgehead atoms. The summed E-state index contributed by atoms with van der Waals surface area (Å²) in [5.41, 5.74) is 0.744. The van der Waals surface area contributed by atoms with Crippen molar-refractivity contribution < 1.29 is 4.79 Å².